The van der Waals surface area contributed by atoms with Crippen LogP contribution in [0.1, 0.15) is 11.1 Å². The maximum atomic E-state index is 12.9. The molecule has 5 rings (SSSR count). The summed E-state index contributed by atoms with van der Waals surface area (Å²) in [4.78, 5) is 19.6. The molecule has 0 saturated heterocycles. The van der Waals surface area contributed by atoms with E-state index in [1.165, 1.54) is 24.3 Å². The summed E-state index contributed by atoms with van der Waals surface area (Å²) in [7, 11) is -0.883. The zero-order chi connectivity index (χ0) is 29.5. The van der Waals surface area contributed by atoms with Crippen molar-refractivity contribution in [2.75, 3.05) is 24.9 Å². The van der Waals surface area contributed by atoms with E-state index >= 15 is 0 Å². The minimum Gasteiger partial charge on any atom is -0.497 e. The molecule has 0 atom stereocenters. The Morgan fingerprint density at radius 3 is 2.00 bits per heavy atom. The van der Waals surface area contributed by atoms with Gasteiger partial charge in [-0.15, -0.1) is 0 Å². The molecule has 0 aliphatic carbocycles. The van der Waals surface area contributed by atoms with Crippen LogP contribution >= 0.6 is 0 Å². The number of aromatic amines is 1. The van der Waals surface area contributed by atoms with Gasteiger partial charge in [-0.2, -0.15) is 8.42 Å². The number of methoxy groups -OCH3 is 2. The van der Waals surface area contributed by atoms with Gasteiger partial charge >= 0.3 is 16.1 Å². The first-order valence-electron chi connectivity index (χ1n) is 12.9. The lowest BCUT2D eigenvalue weighted by Gasteiger charge is -2.10. The van der Waals surface area contributed by atoms with Crippen LogP contribution in [0, 0.1) is 0 Å². The van der Waals surface area contributed by atoms with Crippen LogP contribution in [0.25, 0.3) is 11.0 Å². The SMILES string of the molecule is COc1ccc(CNC(=O)Nc2nc3ccc(OS(=O)(=O)c4ccc(NCc5ccc(OC)cc5)cc4)cc3[nH]2)cc1. The minimum atomic E-state index is -4.09. The van der Waals surface area contributed by atoms with Gasteiger partial charge in [0.25, 0.3) is 0 Å². The molecule has 216 valence electrons. The van der Waals surface area contributed by atoms with Crippen LogP contribution in [0.2, 0.25) is 0 Å². The van der Waals surface area contributed by atoms with Crippen LogP contribution in [0.3, 0.4) is 0 Å². The highest BCUT2D eigenvalue weighted by Gasteiger charge is 2.18. The molecule has 0 saturated carbocycles. The van der Waals surface area contributed by atoms with E-state index in [9.17, 15) is 13.2 Å². The third-order valence-corrected chi connectivity index (χ3v) is 7.56. The van der Waals surface area contributed by atoms with E-state index in [1.54, 1.807) is 32.4 Å². The highest BCUT2D eigenvalue weighted by atomic mass is 32.2. The average Bonchev–Trinajstić information content (AvgIpc) is 3.41. The first-order valence-corrected chi connectivity index (χ1v) is 14.3. The Hall–Kier alpha value is -5.23. The number of urea groups is 1. The maximum Gasteiger partial charge on any atom is 0.339 e. The molecule has 1 aromatic heterocycles. The van der Waals surface area contributed by atoms with Gasteiger partial charge < -0.3 is 29.3 Å². The number of aromatic nitrogens is 2. The summed E-state index contributed by atoms with van der Waals surface area (Å²) >= 11 is 0. The first kappa shape index (κ1) is 28.3. The Morgan fingerprint density at radius 2 is 1.38 bits per heavy atom. The molecule has 4 aromatic carbocycles. The maximum absolute atomic E-state index is 12.9. The Bertz CT molecular complexity index is 1770. The van der Waals surface area contributed by atoms with Crippen LogP contribution in [-0.2, 0) is 23.2 Å². The standard InChI is InChI=1S/C30H29N5O6S/c1-39-23-9-3-20(4-10-23)18-31-22-7-14-26(15-8-22)42(37,38)41-25-13-16-27-28(17-25)34-29(33-27)35-30(36)32-19-21-5-11-24(40-2)12-6-21/h3-17,31H,18-19H2,1-2H3,(H3,32,33,34,35,36). The number of hydrogen-bond donors (Lipinski definition) is 4. The number of amides is 2. The van der Waals surface area contributed by atoms with Crippen molar-refractivity contribution in [3.05, 3.63) is 102 Å². The van der Waals surface area contributed by atoms with Crippen LogP contribution in [0.4, 0.5) is 16.4 Å². The van der Waals surface area contributed by atoms with Crippen LogP contribution in [0.15, 0.2) is 95.9 Å². The van der Waals surface area contributed by atoms with Gasteiger partial charge in [-0.25, -0.2) is 9.78 Å². The van der Waals surface area contributed by atoms with Crippen molar-refractivity contribution in [3.8, 4) is 17.2 Å². The van der Waals surface area contributed by atoms with Crippen molar-refractivity contribution in [1.29, 1.82) is 0 Å². The highest BCUT2D eigenvalue weighted by molar-refractivity contribution is 7.87. The number of hydrogen-bond acceptors (Lipinski definition) is 8. The van der Waals surface area contributed by atoms with Gasteiger partial charge in [-0.05, 0) is 71.8 Å². The summed E-state index contributed by atoms with van der Waals surface area (Å²) in [5.41, 5.74) is 3.73. The Labute approximate surface area is 243 Å². The third-order valence-electron chi connectivity index (χ3n) is 6.30. The van der Waals surface area contributed by atoms with E-state index in [0.29, 0.717) is 24.1 Å². The lowest BCUT2D eigenvalue weighted by Crippen LogP contribution is -2.28. The van der Waals surface area contributed by atoms with Gasteiger partial charge in [0.1, 0.15) is 22.1 Å². The number of nitrogens with one attached hydrogen (secondary N) is 4. The summed E-state index contributed by atoms with van der Waals surface area (Å²) < 4.78 is 41.5. The molecule has 12 heteroatoms. The number of carbonyl (C=O) groups excluding carboxylic acids is 1. The van der Waals surface area contributed by atoms with Gasteiger partial charge in [0.15, 0.2) is 0 Å². The molecule has 2 amide bonds. The monoisotopic (exact) mass is 587 g/mol. The number of ether oxygens (including phenoxy) is 2. The van der Waals surface area contributed by atoms with E-state index in [-0.39, 0.29) is 16.6 Å². The molecule has 0 unspecified atom stereocenters. The molecular formula is C30H29N5O6S. The fourth-order valence-electron chi connectivity index (χ4n) is 4.04. The second kappa shape index (κ2) is 12.5. The van der Waals surface area contributed by atoms with Crippen molar-refractivity contribution in [1.82, 2.24) is 15.3 Å². The van der Waals surface area contributed by atoms with Crippen molar-refractivity contribution in [2.24, 2.45) is 0 Å². The van der Waals surface area contributed by atoms with Crippen LogP contribution < -0.4 is 29.6 Å². The minimum absolute atomic E-state index is 0.0121. The van der Waals surface area contributed by atoms with Gasteiger partial charge in [0.2, 0.25) is 5.95 Å². The average molecular weight is 588 g/mol. The topological polar surface area (TPSA) is 144 Å². The fraction of sp³-hybridized carbons (Fsp3) is 0.133. The number of nitrogens with zero attached hydrogens (tertiary/aromatic N) is 1. The second-order valence-electron chi connectivity index (χ2n) is 9.18. The predicted octanol–water partition coefficient (Wildman–Crippen LogP) is 5.28. The molecular weight excluding hydrogens is 558 g/mol. The van der Waals surface area contributed by atoms with Gasteiger partial charge in [0, 0.05) is 24.8 Å². The summed E-state index contributed by atoms with van der Waals surface area (Å²) in [6, 6.07) is 25.4. The summed E-state index contributed by atoms with van der Waals surface area (Å²) in [5, 5.41) is 8.64. The van der Waals surface area contributed by atoms with Gasteiger partial charge in [-0.1, -0.05) is 24.3 Å². The second-order valence-corrected chi connectivity index (χ2v) is 10.7. The Kier molecular flexibility index (Phi) is 8.44. The molecule has 4 N–H and O–H groups in total. The van der Waals surface area contributed by atoms with E-state index in [2.05, 4.69) is 25.9 Å². The van der Waals surface area contributed by atoms with Crippen molar-refractivity contribution >= 4 is 38.8 Å². The molecule has 5 aromatic rings. The lowest BCUT2D eigenvalue weighted by molar-refractivity contribution is 0.251. The van der Waals surface area contributed by atoms with E-state index in [4.69, 9.17) is 13.7 Å². The summed E-state index contributed by atoms with van der Waals surface area (Å²) in [6.07, 6.45) is 0. The van der Waals surface area contributed by atoms with E-state index < -0.39 is 16.1 Å². The summed E-state index contributed by atoms with van der Waals surface area (Å²) in [6.45, 7) is 0.879. The molecule has 0 radical (unpaired) electrons. The number of fused-ring (bicyclic) bond motifs is 1. The number of benzene rings is 4. The number of imidazole rings is 1. The number of anilines is 2. The molecule has 1 heterocycles. The molecule has 0 aliphatic heterocycles. The van der Waals surface area contributed by atoms with E-state index in [1.807, 2.05) is 48.5 Å². The molecule has 0 bridgehead atoms. The van der Waals surface area contributed by atoms with Crippen molar-refractivity contribution in [3.63, 3.8) is 0 Å². The molecule has 42 heavy (non-hydrogen) atoms. The Morgan fingerprint density at radius 1 is 0.786 bits per heavy atom. The third kappa shape index (κ3) is 7.09. The van der Waals surface area contributed by atoms with Crippen molar-refractivity contribution in [2.45, 2.75) is 18.0 Å². The smallest absolute Gasteiger partial charge is 0.339 e. The number of carbonyl (C=O) groups is 1. The van der Waals surface area contributed by atoms with Crippen molar-refractivity contribution < 1.29 is 26.9 Å². The number of rotatable bonds is 11. The largest absolute Gasteiger partial charge is 0.497 e. The fourth-order valence-corrected chi connectivity index (χ4v) is 4.96. The Balaban J connectivity index is 1.17. The van der Waals surface area contributed by atoms with Crippen LogP contribution in [0.5, 0.6) is 17.2 Å². The van der Waals surface area contributed by atoms with Gasteiger partial charge in [-0.3, -0.25) is 5.32 Å². The zero-order valence-corrected chi connectivity index (χ0v) is 23.7. The molecule has 11 nitrogen and oxygen atoms in total. The molecule has 0 aliphatic rings. The summed E-state index contributed by atoms with van der Waals surface area (Å²) in [5.74, 6) is 1.81. The molecule has 0 fully saturated rings. The van der Waals surface area contributed by atoms with Crippen LogP contribution in [-0.4, -0.2) is 38.6 Å². The lowest BCUT2D eigenvalue weighted by atomic mass is 10.2. The molecule has 0 spiro atoms. The normalized spacial score (nSPS) is 11.1. The van der Waals surface area contributed by atoms with Gasteiger partial charge in [0.05, 0.1) is 25.3 Å². The highest BCUT2D eigenvalue weighted by Crippen LogP contribution is 2.25. The zero-order valence-electron chi connectivity index (χ0n) is 22.9. The predicted molar refractivity (Wildman–Crippen MR) is 160 cm³/mol. The number of H-pyrrole nitrogens is 1. The van der Waals surface area contributed by atoms with E-state index in [0.717, 1.165) is 28.3 Å². The first-order chi connectivity index (χ1) is 20.3. The quantitative estimate of drug-likeness (QED) is 0.153.